The van der Waals surface area contributed by atoms with E-state index in [2.05, 4.69) is 0 Å². The number of ether oxygens (including phenoxy) is 1. The average molecular weight is 363 g/mol. The molecule has 0 radical (unpaired) electrons. The summed E-state index contributed by atoms with van der Waals surface area (Å²) in [5.41, 5.74) is 0.653. The van der Waals surface area contributed by atoms with Crippen LogP contribution in [0.4, 0.5) is 0 Å². The normalized spacial score (nSPS) is 15.1. The van der Waals surface area contributed by atoms with Gasteiger partial charge >= 0.3 is 153 Å². The maximum atomic E-state index is 12.1. The fourth-order valence-corrected chi connectivity index (χ4v) is 3.21. The molecule has 0 saturated heterocycles. The summed E-state index contributed by atoms with van der Waals surface area (Å²) in [6.07, 6.45) is 1.95. The summed E-state index contributed by atoms with van der Waals surface area (Å²) in [6, 6.07) is 12.7. The van der Waals surface area contributed by atoms with E-state index in [-0.39, 0.29) is 11.9 Å². The van der Waals surface area contributed by atoms with Gasteiger partial charge in [-0.3, -0.25) is 0 Å². The molecule has 3 rings (SSSR count). The van der Waals surface area contributed by atoms with Crippen molar-refractivity contribution in [2.45, 2.75) is 18.8 Å². The maximum absolute atomic E-state index is 12.1. The van der Waals surface area contributed by atoms with Gasteiger partial charge in [-0.15, -0.1) is 0 Å². The predicted molar refractivity (Wildman–Crippen MR) is 90.3 cm³/mol. The van der Waals surface area contributed by atoms with Gasteiger partial charge in [0.25, 0.3) is 0 Å². The topological polar surface area (TPSA) is 35.5 Å². The molecule has 3 nitrogen and oxygen atoms in total. The van der Waals surface area contributed by atoms with Gasteiger partial charge < -0.3 is 0 Å². The molecule has 0 heterocycles. The zero-order chi connectivity index (χ0) is 16.4. The van der Waals surface area contributed by atoms with Gasteiger partial charge in [-0.2, -0.15) is 0 Å². The van der Waals surface area contributed by atoms with Crippen molar-refractivity contribution in [3.05, 3.63) is 58.1 Å². The van der Waals surface area contributed by atoms with Crippen molar-refractivity contribution >= 4 is 45.8 Å². The molecule has 0 amide bonds. The molecule has 0 N–H and O–H groups in total. The summed E-state index contributed by atoms with van der Waals surface area (Å²) < 4.78 is 10.7. The van der Waals surface area contributed by atoms with Gasteiger partial charge in [0, 0.05) is 0 Å². The Labute approximate surface area is 153 Å². The average Bonchev–Trinajstić information content (AvgIpc) is 3.37. The summed E-state index contributed by atoms with van der Waals surface area (Å²) in [6.45, 7) is 0. The van der Waals surface area contributed by atoms with Gasteiger partial charge in [-0.25, -0.2) is 0 Å². The number of rotatable bonds is 5. The molecule has 0 aromatic heterocycles. The molecule has 0 spiro atoms. The first-order chi connectivity index (χ1) is 11.1. The van der Waals surface area contributed by atoms with Crippen LogP contribution in [0.2, 0.25) is 10.0 Å². The number of benzene rings is 2. The van der Waals surface area contributed by atoms with Crippen molar-refractivity contribution in [3.63, 3.8) is 0 Å². The molecule has 0 bridgehead atoms. The van der Waals surface area contributed by atoms with Crippen molar-refractivity contribution in [1.29, 1.82) is 0 Å². The van der Waals surface area contributed by atoms with Crippen LogP contribution < -0.4 is 4.74 Å². The molecule has 1 atom stereocenters. The van der Waals surface area contributed by atoms with E-state index in [1.165, 1.54) is 0 Å². The molecule has 114 valence electrons. The zero-order valence-corrected chi connectivity index (χ0v) is 14.8. The van der Waals surface area contributed by atoms with Gasteiger partial charge in [-0.1, -0.05) is 0 Å². The third-order valence-electron chi connectivity index (χ3n) is 3.80. The van der Waals surface area contributed by atoms with Crippen LogP contribution in [-0.4, -0.2) is 22.6 Å². The second-order valence-corrected chi connectivity index (χ2v) is 6.52. The van der Waals surface area contributed by atoms with E-state index >= 15 is 0 Å². The summed E-state index contributed by atoms with van der Waals surface area (Å²) in [5.74, 6) is 0.578. The van der Waals surface area contributed by atoms with E-state index in [1.54, 1.807) is 12.1 Å². The second kappa shape index (κ2) is 7.15. The van der Waals surface area contributed by atoms with Crippen LogP contribution in [-0.2, 0) is 8.58 Å². The summed E-state index contributed by atoms with van der Waals surface area (Å²) >= 11 is 14.7. The van der Waals surface area contributed by atoms with E-state index in [0.29, 0.717) is 27.1 Å². The van der Waals surface area contributed by atoms with E-state index in [4.69, 9.17) is 31.7 Å². The SMILES string of the molecule is O=C([O][Al+2])C(c1cc(Cl)cc(Oc2ccccc2)c1Cl)C1CC1. The minimum absolute atomic E-state index is 0.239. The van der Waals surface area contributed by atoms with Crippen LogP contribution in [0.5, 0.6) is 11.5 Å². The van der Waals surface area contributed by atoms with E-state index in [9.17, 15) is 4.79 Å². The molecule has 2 aromatic carbocycles. The zero-order valence-electron chi connectivity index (χ0n) is 12.2. The van der Waals surface area contributed by atoms with E-state index in [1.807, 2.05) is 47.0 Å². The van der Waals surface area contributed by atoms with Crippen LogP contribution >= 0.6 is 23.2 Å². The molecule has 1 aliphatic rings. The standard InChI is InChI=1S/C17H14Cl2O3.Al/c18-11-8-13(15(17(20)21)10-6-7-10)16(19)14(9-11)22-12-4-2-1-3-5-12;/h1-5,8-10,15H,6-7H2,(H,20,21);/q;+3/p-1. The second-order valence-electron chi connectivity index (χ2n) is 5.47. The molecule has 1 fully saturated rings. The van der Waals surface area contributed by atoms with Crippen LogP contribution in [0.1, 0.15) is 24.3 Å². The Kier molecular flexibility index (Phi) is 5.18. The molecule has 2 aromatic rings. The van der Waals surface area contributed by atoms with Gasteiger partial charge in [0.15, 0.2) is 0 Å². The number of hydrogen-bond donors (Lipinski definition) is 0. The number of para-hydroxylation sites is 1. The third kappa shape index (κ3) is 3.84. The predicted octanol–water partition coefficient (Wildman–Crippen LogP) is 4.91. The quantitative estimate of drug-likeness (QED) is 0.709. The number of carbonyl (C=O) groups excluding carboxylic acids is 1. The molecule has 0 aliphatic heterocycles. The number of halogens is 2. The van der Waals surface area contributed by atoms with Crippen LogP contribution in [0.25, 0.3) is 0 Å². The number of carbonyl (C=O) groups is 1. The van der Waals surface area contributed by atoms with Crippen molar-refractivity contribution < 1.29 is 13.3 Å². The fourth-order valence-electron chi connectivity index (χ4n) is 2.58. The summed E-state index contributed by atoms with van der Waals surface area (Å²) in [7, 11) is 0. The van der Waals surface area contributed by atoms with Crippen molar-refractivity contribution in [2.75, 3.05) is 0 Å². The molecular formula is C17H13AlCl2O3+2. The summed E-state index contributed by atoms with van der Waals surface area (Å²) in [5, 5.41) is 0.864. The Hall–Kier alpha value is -1.18. The monoisotopic (exact) mass is 362 g/mol. The van der Waals surface area contributed by atoms with Gasteiger partial charge in [-0.05, 0) is 0 Å². The molecular weight excluding hydrogens is 350 g/mol. The van der Waals surface area contributed by atoms with Crippen molar-refractivity contribution in [1.82, 2.24) is 0 Å². The fraction of sp³-hybridized carbons (Fsp3) is 0.235. The van der Waals surface area contributed by atoms with Crippen molar-refractivity contribution in [3.8, 4) is 11.5 Å². The minimum atomic E-state index is -0.420. The molecule has 23 heavy (non-hydrogen) atoms. The Morgan fingerprint density at radius 1 is 1.17 bits per heavy atom. The van der Waals surface area contributed by atoms with Gasteiger partial charge in [0.2, 0.25) is 0 Å². The Morgan fingerprint density at radius 3 is 2.48 bits per heavy atom. The third-order valence-corrected chi connectivity index (χ3v) is 4.66. The van der Waals surface area contributed by atoms with Crippen LogP contribution in [0.15, 0.2) is 42.5 Å². The Balaban J connectivity index is 1.99. The van der Waals surface area contributed by atoms with Gasteiger partial charge in [0.1, 0.15) is 0 Å². The Morgan fingerprint density at radius 2 is 1.87 bits per heavy atom. The first kappa shape index (κ1) is 16.7. The van der Waals surface area contributed by atoms with E-state index < -0.39 is 5.92 Å². The van der Waals surface area contributed by atoms with Crippen molar-refractivity contribution in [2.24, 2.45) is 5.92 Å². The first-order valence-electron chi connectivity index (χ1n) is 7.22. The summed E-state index contributed by atoms with van der Waals surface area (Å²) in [4.78, 5) is 12.1. The van der Waals surface area contributed by atoms with Gasteiger partial charge in [0.05, 0.1) is 0 Å². The molecule has 1 saturated carbocycles. The van der Waals surface area contributed by atoms with E-state index in [0.717, 1.165) is 12.8 Å². The first-order valence-corrected chi connectivity index (χ1v) is 8.45. The molecule has 1 aliphatic carbocycles. The van der Waals surface area contributed by atoms with Crippen LogP contribution in [0, 0.1) is 5.92 Å². The number of hydrogen-bond acceptors (Lipinski definition) is 3. The molecule has 1 unspecified atom stereocenters. The molecule has 6 heteroatoms. The Bertz CT molecular complexity index is 717. The van der Waals surface area contributed by atoms with Crippen LogP contribution in [0.3, 0.4) is 0 Å².